The van der Waals surface area contributed by atoms with E-state index in [1.165, 1.54) is 61.5 Å². The van der Waals surface area contributed by atoms with E-state index in [4.69, 9.17) is 21.4 Å². The van der Waals surface area contributed by atoms with Gasteiger partial charge in [-0.25, -0.2) is 4.79 Å². The highest BCUT2D eigenvalue weighted by Gasteiger charge is 2.13. The Balaban J connectivity index is 2.12. The highest BCUT2D eigenvalue weighted by molar-refractivity contribution is 6.32. The smallest absolute Gasteiger partial charge is 0.344 e. The van der Waals surface area contributed by atoms with Crippen molar-refractivity contribution >= 4 is 35.1 Å². The summed E-state index contributed by atoms with van der Waals surface area (Å²) in [6.45, 7) is 1.40. The van der Waals surface area contributed by atoms with Crippen LogP contribution in [0.2, 0.25) is 5.02 Å². The maximum absolute atomic E-state index is 12.2. The Kier molecular flexibility index (Phi) is 6.08. The molecule has 0 fully saturated rings. The number of hydrogen-bond acceptors (Lipinski definition) is 5. The first kappa shape index (κ1) is 19.1. The quantitative estimate of drug-likeness (QED) is 0.339. The summed E-state index contributed by atoms with van der Waals surface area (Å²) < 4.78 is 5.18. The third-order valence-corrected chi connectivity index (χ3v) is 3.75. The molecule has 0 aliphatic rings. The van der Waals surface area contributed by atoms with E-state index in [0.29, 0.717) is 16.9 Å². The molecule has 8 heteroatoms. The number of halogens is 1. The summed E-state index contributed by atoms with van der Waals surface area (Å²) in [4.78, 5) is 33.2. The summed E-state index contributed by atoms with van der Waals surface area (Å²) >= 11 is 5.98. The van der Waals surface area contributed by atoms with Gasteiger partial charge in [-0.05, 0) is 55.0 Å². The average Bonchev–Trinajstić information content (AvgIpc) is 2.61. The van der Waals surface area contributed by atoms with E-state index in [-0.39, 0.29) is 16.5 Å². The molecular weight excluding hydrogens is 362 g/mol. The molecule has 1 atom stereocenters. The molecule has 0 radical (unpaired) electrons. The summed E-state index contributed by atoms with van der Waals surface area (Å²) in [5.41, 5.74) is 0.568. The van der Waals surface area contributed by atoms with Gasteiger partial charge in [-0.1, -0.05) is 11.6 Å². The lowest BCUT2D eigenvalue weighted by Gasteiger charge is -2.10. The lowest BCUT2D eigenvalue weighted by Crippen LogP contribution is -2.22. The third kappa shape index (κ3) is 4.90. The first-order valence-corrected chi connectivity index (χ1v) is 7.81. The molecule has 0 saturated carbocycles. The van der Waals surface area contributed by atoms with Crippen LogP contribution in [0, 0.1) is 10.1 Å². The van der Waals surface area contributed by atoms with Crippen LogP contribution in [0.15, 0.2) is 48.5 Å². The van der Waals surface area contributed by atoms with Crippen LogP contribution in [0.4, 0.5) is 5.69 Å². The first-order valence-electron chi connectivity index (χ1n) is 7.44. The van der Waals surface area contributed by atoms with Crippen LogP contribution in [0.1, 0.15) is 22.8 Å². The molecule has 2 aromatic rings. The van der Waals surface area contributed by atoms with E-state index in [1.807, 2.05) is 0 Å². The Labute approximate surface area is 153 Å². The average molecular weight is 376 g/mol. The Hall–Kier alpha value is -3.19. The van der Waals surface area contributed by atoms with Gasteiger partial charge in [0, 0.05) is 22.7 Å². The number of nitro groups is 1. The van der Waals surface area contributed by atoms with E-state index in [9.17, 15) is 19.7 Å². The molecule has 0 aliphatic carbocycles. The van der Waals surface area contributed by atoms with E-state index in [2.05, 4.69) is 0 Å². The van der Waals surface area contributed by atoms with E-state index in [0.717, 1.165) is 0 Å². The van der Waals surface area contributed by atoms with Crippen molar-refractivity contribution in [2.75, 3.05) is 0 Å². The van der Waals surface area contributed by atoms with Gasteiger partial charge in [-0.3, -0.25) is 14.9 Å². The number of non-ortho nitro benzene ring substituents is 1. The number of ketones is 1. The minimum atomic E-state index is -1.10. The van der Waals surface area contributed by atoms with E-state index >= 15 is 0 Å². The van der Waals surface area contributed by atoms with Gasteiger partial charge < -0.3 is 9.84 Å². The molecule has 0 heterocycles. The van der Waals surface area contributed by atoms with Crippen molar-refractivity contribution in [2.24, 2.45) is 0 Å². The molecule has 1 unspecified atom stereocenters. The van der Waals surface area contributed by atoms with Crippen molar-refractivity contribution in [1.82, 2.24) is 0 Å². The zero-order chi connectivity index (χ0) is 19.3. The first-order chi connectivity index (χ1) is 12.3. The van der Waals surface area contributed by atoms with Gasteiger partial charge in [0.05, 0.1) is 4.92 Å². The Morgan fingerprint density at radius 3 is 2.46 bits per heavy atom. The van der Waals surface area contributed by atoms with Crippen molar-refractivity contribution in [1.29, 1.82) is 0 Å². The maximum Gasteiger partial charge on any atom is 0.344 e. The molecule has 2 rings (SSSR count). The Bertz CT molecular complexity index is 876. The number of rotatable bonds is 7. The zero-order valence-electron chi connectivity index (χ0n) is 13.6. The van der Waals surface area contributed by atoms with Crippen LogP contribution in [0.25, 0.3) is 6.08 Å². The van der Waals surface area contributed by atoms with Gasteiger partial charge in [0.25, 0.3) is 5.69 Å². The number of carbonyl (C=O) groups excluding carboxylic acids is 1. The third-order valence-electron chi connectivity index (χ3n) is 3.40. The number of nitrogens with zero attached hydrogens (tertiary/aromatic N) is 1. The maximum atomic E-state index is 12.2. The summed E-state index contributed by atoms with van der Waals surface area (Å²) in [5, 5.41) is 19.9. The molecule has 0 aliphatic heterocycles. The molecule has 7 nitrogen and oxygen atoms in total. The van der Waals surface area contributed by atoms with Gasteiger partial charge in [0.15, 0.2) is 11.9 Å². The van der Waals surface area contributed by atoms with Crippen molar-refractivity contribution in [3.05, 3.63) is 74.8 Å². The molecule has 0 amide bonds. The standard InChI is InChI=1S/C18H14ClNO6/c1-11(18(22)23)26-15-6-2-12(3-7-15)17(21)9-4-13-10-14(20(24)25)5-8-16(13)19/h2-11H,1H3,(H,22,23)/b9-4+. The minimum Gasteiger partial charge on any atom is -0.479 e. The second-order valence-electron chi connectivity index (χ2n) is 5.28. The van der Waals surface area contributed by atoms with Gasteiger partial charge in [0.2, 0.25) is 0 Å². The molecule has 1 N–H and O–H groups in total. The fourth-order valence-electron chi connectivity index (χ4n) is 1.99. The number of carbonyl (C=O) groups is 2. The number of hydrogen-bond donors (Lipinski definition) is 1. The zero-order valence-corrected chi connectivity index (χ0v) is 14.3. The van der Waals surface area contributed by atoms with Crippen LogP contribution < -0.4 is 4.74 Å². The highest BCUT2D eigenvalue weighted by Crippen LogP contribution is 2.23. The Morgan fingerprint density at radius 2 is 1.88 bits per heavy atom. The molecular formula is C18H14ClNO6. The second-order valence-corrected chi connectivity index (χ2v) is 5.69. The van der Waals surface area contributed by atoms with Crippen molar-refractivity contribution in [3.8, 4) is 5.75 Å². The highest BCUT2D eigenvalue weighted by atomic mass is 35.5. The second kappa shape index (κ2) is 8.26. The van der Waals surface area contributed by atoms with Gasteiger partial charge >= 0.3 is 5.97 Å². The number of aliphatic carboxylic acids is 1. The van der Waals surface area contributed by atoms with Crippen LogP contribution in [-0.4, -0.2) is 27.9 Å². The molecule has 0 spiro atoms. The lowest BCUT2D eigenvalue weighted by molar-refractivity contribution is -0.384. The predicted octanol–water partition coefficient (Wildman–Crippen LogP) is 4.00. The largest absolute Gasteiger partial charge is 0.479 e. The lowest BCUT2D eigenvalue weighted by atomic mass is 10.1. The molecule has 0 bridgehead atoms. The molecule has 0 aromatic heterocycles. The van der Waals surface area contributed by atoms with Crippen molar-refractivity contribution in [2.45, 2.75) is 13.0 Å². The summed E-state index contributed by atoms with van der Waals surface area (Å²) in [5.74, 6) is -1.12. The van der Waals surface area contributed by atoms with E-state index in [1.54, 1.807) is 0 Å². The van der Waals surface area contributed by atoms with Crippen LogP contribution in [0.3, 0.4) is 0 Å². The van der Waals surface area contributed by atoms with E-state index < -0.39 is 17.0 Å². The molecule has 26 heavy (non-hydrogen) atoms. The SMILES string of the molecule is CC(Oc1ccc(C(=O)/C=C/c2cc([N+](=O)[O-])ccc2Cl)cc1)C(=O)O. The van der Waals surface area contributed by atoms with Crippen LogP contribution >= 0.6 is 11.6 Å². The van der Waals surface area contributed by atoms with Crippen LogP contribution in [-0.2, 0) is 4.79 Å². The van der Waals surface area contributed by atoms with Crippen LogP contribution in [0.5, 0.6) is 5.75 Å². The Morgan fingerprint density at radius 1 is 1.23 bits per heavy atom. The number of carboxylic acids is 1. The topological polar surface area (TPSA) is 107 Å². The number of nitro benzene ring substituents is 1. The van der Waals surface area contributed by atoms with Gasteiger partial charge in [0.1, 0.15) is 5.75 Å². The summed E-state index contributed by atoms with van der Waals surface area (Å²) in [6.07, 6.45) is 1.64. The fourth-order valence-corrected chi connectivity index (χ4v) is 2.17. The van der Waals surface area contributed by atoms with Gasteiger partial charge in [-0.15, -0.1) is 0 Å². The molecule has 0 saturated heterocycles. The summed E-state index contributed by atoms with van der Waals surface area (Å²) in [7, 11) is 0. The van der Waals surface area contributed by atoms with Crippen molar-refractivity contribution < 1.29 is 24.4 Å². The monoisotopic (exact) mass is 375 g/mol. The number of allylic oxidation sites excluding steroid dienone is 1. The summed E-state index contributed by atoms with van der Waals surface area (Å²) in [6, 6.07) is 9.90. The molecule has 134 valence electrons. The number of benzene rings is 2. The van der Waals surface area contributed by atoms with Gasteiger partial charge in [-0.2, -0.15) is 0 Å². The molecule has 2 aromatic carbocycles. The van der Waals surface area contributed by atoms with Crippen molar-refractivity contribution in [3.63, 3.8) is 0 Å². The fraction of sp³-hybridized carbons (Fsp3) is 0.111. The number of ether oxygens (including phenoxy) is 1. The predicted molar refractivity (Wildman–Crippen MR) is 95.6 cm³/mol. The minimum absolute atomic E-state index is 0.129. The normalized spacial score (nSPS) is 11.9. The number of carboxylic acid groups (broad SMARTS) is 1.